The predicted octanol–water partition coefficient (Wildman–Crippen LogP) is 7.22. The zero-order valence-electron chi connectivity index (χ0n) is 21.5. The van der Waals surface area contributed by atoms with Crippen LogP contribution in [0.3, 0.4) is 0 Å². The van der Waals surface area contributed by atoms with Gasteiger partial charge in [0.15, 0.2) is 0 Å². The van der Waals surface area contributed by atoms with Crippen molar-refractivity contribution in [3.05, 3.63) is 0 Å². The Hall–Kier alpha value is -0.0800. The van der Waals surface area contributed by atoms with Crippen molar-refractivity contribution < 1.29 is 10.2 Å². The minimum Gasteiger partial charge on any atom is -0.393 e. The minimum atomic E-state index is -0.483. The van der Waals surface area contributed by atoms with E-state index in [-0.39, 0.29) is 6.10 Å². The first kappa shape index (κ1) is 24.1. The molecule has 4 saturated carbocycles. The molecule has 0 heterocycles. The van der Waals surface area contributed by atoms with Crippen LogP contribution >= 0.6 is 0 Å². The van der Waals surface area contributed by atoms with Gasteiger partial charge in [0.05, 0.1) is 11.7 Å². The molecule has 0 aliphatic heterocycles. The Balaban J connectivity index is 1.46. The lowest BCUT2D eigenvalue weighted by Crippen LogP contribution is -2.54. The van der Waals surface area contributed by atoms with E-state index in [1.165, 1.54) is 51.4 Å². The number of fused-ring (bicyclic) bond motifs is 5. The molecule has 4 fully saturated rings. The molecular formula is C29H52O2. The Labute approximate surface area is 193 Å². The second kappa shape index (κ2) is 8.61. The maximum atomic E-state index is 11.1. The van der Waals surface area contributed by atoms with Gasteiger partial charge in [0, 0.05) is 0 Å². The maximum absolute atomic E-state index is 11.1. The van der Waals surface area contributed by atoms with Gasteiger partial charge in [-0.25, -0.2) is 0 Å². The molecule has 0 radical (unpaired) electrons. The van der Waals surface area contributed by atoms with E-state index in [1.807, 2.05) is 0 Å². The second-order valence-corrected chi connectivity index (χ2v) is 13.4. The molecular weight excluding hydrogens is 380 g/mol. The van der Waals surface area contributed by atoms with Crippen molar-refractivity contribution in [3.63, 3.8) is 0 Å². The summed E-state index contributed by atoms with van der Waals surface area (Å²) in [6.07, 6.45) is 14.8. The summed E-state index contributed by atoms with van der Waals surface area (Å²) in [6.45, 7) is 14.3. The van der Waals surface area contributed by atoms with Crippen LogP contribution in [0.4, 0.5) is 0 Å². The first-order valence-corrected chi connectivity index (χ1v) is 14.0. The minimum absolute atomic E-state index is 0.0344. The van der Waals surface area contributed by atoms with E-state index >= 15 is 0 Å². The van der Waals surface area contributed by atoms with E-state index in [0.717, 1.165) is 61.2 Å². The van der Waals surface area contributed by atoms with Gasteiger partial charge in [-0.15, -0.1) is 0 Å². The topological polar surface area (TPSA) is 40.5 Å². The predicted molar refractivity (Wildman–Crippen MR) is 130 cm³/mol. The van der Waals surface area contributed by atoms with Crippen LogP contribution in [0.15, 0.2) is 0 Å². The monoisotopic (exact) mass is 432 g/mol. The van der Waals surface area contributed by atoms with Gasteiger partial charge in [0.25, 0.3) is 0 Å². The number of hydrogen-bond donors (Lipinski definition) is 2. The van der Waals surface area contributed by atoms with E-state index in [1.54, 1.807) is 0 Å². The number of hydrogen-bond acceptors (Lipinski definition) is 2. The van der Waals surface area contributed by atoms with Crippen molar-refractivity contribution in [1.29, 1.82) is 0 Å². The quantitative estimate of drug-likeness (QED) is 0.465. The lowest BCUT2D eigenvalue weighted by Gasteiger charge is -2.61. The molecule has 0 bridgehead atoms. The van der Waals surface area contributed by atoms with E-state index in [2.05, 4.69) is 41.5 Å². The summed E-state index contributed by atoms with van der Waals surface area (Å²) < 4.78 is 0. The molecule has 0 aromatic carbocycles. The Kier molecular flexibility index (Phi) is 6.68. The zero-order valence-corrected chi connectivity index (χ0v) is 21.5. The van der Waals surface area contributed by atoms with Crippen molar-refractivity contribution in [3.8, 4) is 0 Å². The third kappa shape index (κ3) is 3.94. The molecule has 2 nitrogen and oxygen atoms in total. The largest absolute Gasteiger partial charge is 0.393 e. The molecule has 10 atom stereocenters. The summed E-state index contributed by atoms with van der Waals surface area (Å²) in [4.78, 5) is 0. The number of aliphatic hydroxyl groups is 2. The molecule has 0 amide bonds. The van der Waals surface area contributed by atoms with Gasteiger partial charge in [-0.05, 0) is 129 Å². The van der Waals surface area contributed by atoms with Gasteiger partial charge in [-0.1, -0.05) is 41.5 Å². The Morgan fingerprint density at radius 1 is 0.903 bits per heavy atom. The van der Waals surface area contributed by atoms with Gasteiger partial charge in [-0.2, -0.15) is 0 Å². The highest BCUT2D eigenvalue weighted by Crippen LogP contribution is 2.68. The smallest absolute Gasteiger partial charge is 0.0668 e. The summed E-state index contributed by atoms with van der Waals surface area (Å²) >= 11 is 0. The molecule has 0 unspecified atom stereocenters. The highest BCUT2D eigenvalue weighted by molar-refractivity contribution is 5.09. The van der Waals surface area contributed by atoms with Crippen molar-refractivity contribution in [2.24, 2.45) is 52.3 Å². The number of rotatable bonds is 6. The van der Waals surface area contributed by atoms with Crippen LogP contribution < -0.4 is 0 Å². The average molecular weight is 433 g/mol. The molecule has 2 heteroatoms. The summed E-state index contributed by atoms with van der Waals surface area (Å²) in [5.41, 5.74) is 0.519. The standard InChI is InChI=1S/C29H52O2/c1-7-29(31,19(2)3)17-12-20(4)24-10-11-25-23-9-8-21-18-22(30)13-15-27(21,5)26(23)14-16-28(24,25)6/h19-26,30-31H,7-18H2,1-6H3/t20-,21+,22+,23+,24-,25+,26+,27+,28-,29-/m1/s1. The van der Waals surface area contributed by atoms with E-state index in [4.69, 9.17) is 0 Å². The molecule has 4 aliphatic rings. The highest BCUT2D eigenvalue weighted by Gasteiger charge is 2.60. The van der Waals surface area contributed by atoms with Crippen LogP contribution in [0.5, 0.6) is 0 Å². The van der Waals surface area contributed by atoms with Gasteiger partial charge in [0.2, 0.25) is 0 Å². The highest BCUT2D eigenvalue weighted by atomic mass is 16.3. The Morgan fingerprint density at radius 3 is 2.26 bits per heavy atom. The van der Waals surface area contributed by atoms with Crippen LogP contribution in [-0.2, 0) is 0 Å². The second-order valence-electron chi connectivity index (χ2n) is 13.4. The van der Waals surface area contributed by atoms with Crippen LogP contribution in [0, 0.1) is 52.3 Å². The van der Waals surface area contributed by atoms with Crippen LogP contribution in [0.2, 0.25) is 0 Å². The SMILES string of the molecule is CC[C@@](O)(CC[C@@H](C)[C@H]1CC[C@H]2[C@@H]3CC[C@H]4C[C@@H](O)CC[C@]4(C)[C@H]3CC[C@]12C)C(C)C. The third-order valence-corrected chi connectivity index (χ3v) is 12.1. The summed E-state index contributed by atoms with van der Waals surface area (Å²) in [5, 5.41) is 21.4. The van der Waals surface area contributed by atoms with Gasteiger partial charge >= 0.3 is 0 Å². The van der Waals surface area contributed by atoms with E-state index in [0.29, 0.717) is 16.7 Å². The average Bonchev–Trinajstić information content (AvgIpc) is 3.09. The van der Waals surface area contributed by atoms with Crippen molar-refractivity contribution in [2.45, 2.75) is 130 Å². The fourth-order valence-corrected chi connectivity index (χ4v) is 9.76. The lowest BCUT2D eigenvalue weighted by molar-refractivity contribution is -0.129. The van der Waals surface area contributed by atoms with Gasteiger partial charge < -0.3 is 10.2 Å². The van der Waals surface area contributed by atoms with Crippen molar-refractivity contribution in [2.75, 3.05) is 0 Å². The molecule has 180 valence electrons. The molecule has 4 aliphatic carbocycles. The lowest BCUT2D eigenvalue weighted by atomic mass is 9.44. The van der Waals surface area contributed by atoms with Crippen LogP contribution in [-0.4, -0.2) is 21.9 Å². The maximum Gasteiger partial charge on any atom is 0.0668 e. The molecule has 0 spiro atoms. The summed E-state index contributed by atoms with van der Waals surface area (Å²) in [7, 11) is 0. The molecule has 31 heavy (non-hydrogen) atoms. The van der Waals surface area contributed by atoms with Gasteiger partial charge in [0.1, 0.15) is 0 Å². The Morgan fingerprint density at radius 2 is 1.58 bits per heavy atom. The molecule has 2 N–H and O–H groups in total. The molecule has 4 rings (SSSR count). The molecule has 0 aromatic rings. The third-order valence-electron chi connectivity index (χ3n) is 12.1. The number of aliphatic hydroxyl groups excluding tert-OH is 1. The van der Waals surface area contributed by atoms with Crippen LogP contribution in [0.1, 0.15) is 119 Å². The molecule has 0 saturated heterocycles. The fourth-order valence-electron chi connectivity index (χ4n) is 9.76. The fraction of sp³-hybridized carbons (Fsp3) is 1.00. The van der Waals surface area contributed by atoms with Crippen molar-refractivity contribution >= 4 is 0 Å². The van der Waals surface area contributed by atoms with Crippen LogP contribution in [0.25, 0.3) is 0 Å². The first-order valence-electron chi connectivity index (χ1n) is 14.0. The van der Waals surface area contributed by atoms with Gasteiger partial charge in [-0.3, -0.25) is 0 Å². The molecule has 0 aromatic heterocycles. The van der Waals surface area contributed by atoms with Crippen molar-refractivity contribution in [1.82, 2.24) is 0 Å². The van der Waals surface area contributed by atoms with E-state index in [9.17, 15) is 10.2 Å². The first-order chi connectivity index (χ1) is 14.5. The summed E-state index contributed by atoms with van der Waals surface area (Å²) in [5.74, 6) is 5.41. The Bertz CT molecular complexity index is 630. The summed E-state index contributed by atoms with van der Waals surface area (Å²) in [6, 6.07) is 0. The van der Waals surface area contributed by atoms with E-state index < -0.39 is 5.60 Å². The normalized spacial score (nSPS) is 47.9. The zero-order chi connectivity index (χ0) is 22.6.